The van der Waals surface area contributed by atoms with Crippen molar-refractivity contribution in [3.8, 4) is 5.75 Å². The number of ether oxygens (including phenoxy) is 1. The number of anilines is 2. The lowest BCUT2D eigenvalue weighted by molar-refractivity contribution is -0.118. The fraction of sp³-hybridized carbons (Fsp3) is 0.167. The molecule has 0 spiro atoms. The maximum Gasteiger partial charge on any atom is 0.272 e. The summed E-state index contributed by atoms with van der Waals surface area (Å²) in [5, 5.41) is 8.39. The lowest BCUT2D eigenvalue weighted by Crippen LogP contribution is -2.26. The maximum atomic E-state index is 13.1. The van der Waals surface area contributed by atoms with Gasteiger partial charge in [-0.1, -0.05) is 58.7 Å². The zero-order chi connectivity index (χ0) is 29.5. The summed E-state index contributed by atoms with van der Waals surface area (Å²) in [6.45, 7) is 1.19. The molecule has 0 aromatic heterocycles. The Balaban J connectivity index is 1.50. The number of rotatable bonds is 10. The smallest absolute Gasteiger partial charge is 0.272 e. The summed E-state index contributed by atoms with van der Waals surface area (Å²) in [6, 6.07) is 15.7. The van der Waals surface area contributed by atoms with Gasteiger partial charge in [-0.15, -0.1) is 0 Å². The van der Waals surface area contributed by atoms with Gasteiger partial charge in [0.1, 0.15) is 12.4 Å². The zero-order valence-electron chi connectivity index (χ0n) is 21.7. The molecule has 1 aliphatic carbocycles. The average molecular weight is 645 g/mol. The van der Waals surface area contributed by atoms with Crippen LogP contribution < -0.4 is 20.7 Å². The van der Waals surface area contributed by atoms with Crippen LogP contribution in [-0.2, 0) is 11.3 Å². The lowest BCUT2D eigenvalue weighted by atomic mass is 10.0. The molecule has 0 saturated heterocycles. The minimum Gasteiger partial charge on any atom is -0.487 e. The van der Waals surface area contributed by atoms with Crippen molar-refractivity contribution in [1.29, 1.82) is 0 Å². The van der Waals surface area contributed by atoms with E-state index in [0.29, 0.717) is 16.8 Å². The Hall–Kier alpha value is -4.02. The molecule has 1 aliphatic rings. The van der Waals surface area contributed by atoms with Gasteiger partial charge in [0.15, 0.2) is 0 Å². The molecule has 7 nitrogen and oxygen atoms in total. The summed E-state index contributed by atoms with van der Waals surface area (Å²) < 4.78 is 31.6. The van der Waals surface area contributed by atoms with Crippen molar-refractivity contribution < 1.29 is 27.9 Å². The molecular formula is C30H25BrClF2N3O4. The number of carbonyl (C=O) groups is 3. The topological polar surface area (TPSA) is 96.5 Å². The van der Waals surface area contributed by atoms with Crippen LogP contribution in [0.1, 0.15) is 33.2 Å². The summed E-state index contributed by atoms with van der Waals surface area (Å²) in [6.07, 6.45) is 2.77. The Morgan fingerprint density at radius 1 is 0.927 bits per heavy atom. The van der Waals surface area contributed by atoms with Gasteiger partial charge in [0.25, 0.3) is 18.2 Å². The number of nitrogens with one attached hydrogen (secondary N) is 3. The standard InChI is InChI=1S/C30H25BrClF2N3O4/c1-17-3-2-4-22(17)28(38)35-15-18-5-11-25(32)23(13-18)29(39)37-21-10-12-26(41-16-27(33)34)24(14-21)30(40)36-20-8-6-19(31)7-9-20/h2-14,17,27H,15-16H2,1H3,(H,35,38)(H,36,40)(H,37,39). The number of halogens is 4. The van der Waals surface area contributed by atoms with Crippen molar-refractivity contribution in [2.24, 2.45) is 5.92 Å². The van der Waals surface area contributed by atoms with Gasteiger partial charge in [0, 0.05) is 33.9 Å². The first kappa shape index (κ1) is 30.0. The van der Waals surface area contributed by atoms with Crippen molar-refractivity contribution in [1.82, 2.24) is 5.32 Å². The maximum absolute atomic E-state index is 13.1. The number of allylic oxidation sites excluding steroid dienone is 3. The van der Waals surface area contributed by atoms with E-state index in [2.05, 4.69) is 31.9 Å². The van der Waals surface area contributed by atoms with E-state index in [1.807, 2.05) is 19.1 Å². The third kappa shape index (κ3) is 8.02. The van der Waals surface area contributed by atoms with E-state index in [4.69, 9.17) is 16.3 Å². The van der Waals surface area contributed by atoms with Crippen LogP contribution in [0, 0.1) is 5.92 Å². The molecular weight excluding hydrogens is 620 g/mol. The molecule has 0 heterocycles. The highest BCUT2D eigenvalue weighted by Crippen LogP contribution is 2.27. The molecule has 3 amide bonds. The van der Waals surface area contributed by atoms with Crippen LogP contribution in [0.4, 0.5) is 20.2 Å². The summed E-state index contributed by atoms with van der Waals surface area (Å²) in [4.78, 5) is 38.7. The van der Waals surface area contributed by atoms with Crippen LogP contribution in [0.25, 0.3) is 0 Å². The van der Waals surface area contributed by atoms with E-state index in [0.717, 1.165) is 4.47 Å². The number of benzene rings is 3. The first-order chi connectivity index (χ1) is 19.6. The number of hydrogen-bond acceptors (Lipinski definition) is 4. The van der Waals surface area contributed by atoms with E-state index in [9.17, 15) is 23.2 Å². The van der Waals surface area contributed by atoms with Gasteiger partial charge in [0.2, 0.25) is 5.91 Å². The number of hydrogen-bond donors (Lipinski definition) is 3. The van der Waals surface area contributed by atoms with Gasteiger partial charge in [-0.25, -0.2) is 8.78 Å². The van der Waals surface area contributed by atoms with Crippen molar-refractivity contribution in [3.05, 3.63) is 111 Å². The molecule has 1 atom stereocenters. The van der Waals surface area contributed by atoms with Crippen LogP contribution in [0.2, 0.25) is 5.02 Å². The Kier molecular flexibility index (Phi) is 9.91. The van der Waals surface area contributed by atoms with Crippen molar-refractivity contribution in [3.63, 3.8) is 0 Å². The number of carbonyl (C=O) groups excluding carboxylic acids is 3. The van der Waals surface area contributed by atoms with Gasteiger partial charge < -0.3 is 20.7 Å². The molecule has 212 valence electrons. The minimum absolute atomic E-state index is 0.0237. The third-order valence-electron chi connectivity index (χ3n) is 6.11. The molecule has 0 aliphatic heterocycles. The Bertz CT molecular complexity index is 1530. The van der Waals surface area contributed by atoms with Gasteiger partial charge >= 0.3 is 0 Å². The Morgan fingerprint density at radius 3 is 2.29 bits per heavy atom. The fourth-order valence-electron chi connectivity index (χ4n) is 4.00. The van der Waals surface area contributed by atoms with Crippen molar-refractivity contribution in [2.75, 3.05) is 17.2 Å². The van der Waals surface area contributed by atoms with E-state index in [-0.39, 0.29) is 46.0 Å². The van der Waals surface area contributed by atoms with Gasteiger partial charge in [-0.2, -0.15) is 0 Å². The lowest BCUT2D eigenvalue weighted by Gasteiger charge is -2.15. The summed E-state index contributed by atoms with van der Waals surface area (Å²) >= 11 is 9.62. The largest absolute Gasteiger partial charge is 0.487 e. The Labute approximate surface area is 248 Å². The molecule has 3 aromatic rings. The molecule has 0 radical (unpaired) electrons. The monoisotopic (exact) mass is 643 g/mol. The third-order valence-corrected chi connectivity index (χ3v) is 6.96. The highest BCUT2D eigenvalue weighted by atomic mass is 79.9. The first-order valence-electron chi connectivity index (χ1n) is 12.5. The van der Waals surface area contributed by atoms with Gasteiger partial charge in [-0.05, 0) is 60.2 Å². The summed E-state index contributed by atoms with van der Waals surface area (Å²) in [5.41, 5.74) is 2.07. The second-order valence-corrected chi connectivity index (χ2v) is 10.4. The Morgan fingerprint density at radius 2 is 1.61 bits per heavy atom. The van der Waals surface area contributed by atoms with Crippen LogP contribution in [0.15, 0.2) is 88.9 Å². The highest BCUT2D eigenvalue weighted by Gasteiger charge is 2.20. The SMILES string of the molecule is CC1C=CC=C1C(=O)NCc1ccc(Cl)c(C(=O)Nc2ccc(OCC(F)F)c(C(=O)Nc3ccc(Br)cc3)c2)c1. The van der Waals surface area contributed by atoms with Gasteiger partial charge in [-0.3, -0.25) is 14.4 Å². The molecule has 4 rings (SSSR count). The predicted octanol–water partition coefficient (Wildman–Crippen LogP) is 7.00. The second kappa shape index (κ2) is 13.6. The first-order valence-corrected chi connectivity index (χ1v) is 13.7. The van der Waals surface area contributed by atoms with Crippen LogP contribution in [-0.4, -0.2) is 30.8 Å². The van der Waals surface area contributed by atoms with Crippen LogP contribution in [0.3, 0.4) is 0 Å². The molecule has 3 N–H and O–H groups in total. The number of alkyl halides is 2. The summed E-state index contributed by atoms with van der Waals surface area (Å²) in [5.74, 6) is -1.44. The van der Waals surface area contributed by atoms with E-state index < -0.39 is 24.8 Å². The fourth-order valence-corrected chi connectivity index (χ4v) is 4.47. The summed E-state index contributed by atoms with van der Waals surface area (Å²) in [7, 11) is 0. The van der Waals surface area contributed by atoms with E-state index >= 15 is 0 Å². The molecule has 3 aromatic carbocycles. The molecule has 11 heteroatoms. The van der Waals surface area contributed by atoms with Crippen LogP contribution >= 0.6 is 27.5 Å². The van der Waals surface area contributed by atoms with E-state index in [1.54, 1.807) is 48.5 Å². The molecule has 41 heavy (non-hydrogen) atoms. The zero-order valence-corrected chi connectivity index (χ0v) is 24.1. The van der Waals surface area contributed by atoms with E-state index in [1.165, 1.54) is 18.2 Å². The molecule has 1 unspecified atom stereocenters. The van der Waals surface area contributed by atoms with Gasteiger partial charge in [0.05, 0.1) is 16.1 Å². The minimum atomic E-state index is -2.74. The second-order valence-electron chi connectivity index (χ2n) is 9.12. The molecule has 0 fully saturated rings. The molecule has 0 saturated carbocycles. The predicted molar refractivity (Wildman–Crippen MR) is 158 cm³/mol. The molecule has 0 bridgehead atoms. The van der Waals surface area contributed by atoms with Crippen LogP contribution in [0.5, 0.6) is 5.75 Å². The normalized spacial score (nSPS) is 14.0. The highest BCUT2D eigenvalue weighted by molar-refractivity contribution is 9.10. The average Bonchev–Trinajstić information content (AvgIpc) is 3.38. The van der Waals surface area contributed by atoms with Crippen molar-refractivity contribution >= 4 is 56.6 Å². The number of amides is 3. The quantitative estimate of drug-likeness (QED) is 0.222. The van der Waals surface area contributed by atoms with Crippen molar-refractivity contribution in [2.45, 2.75) is 19.9 Å².